The van der Waals surface area contributed by atoms with Crippen molar-refractivity contribution < 1.29 is 28.8 Å². The van der Waals surface area contributed by atoms with E-state index in [0.29, 0.717) is 28.7 Å². The minimum absolute atomic E-state index is 0.149. The Balaban J connectivity index is 1.90. The highest BCUT2D eigenvalue weighted by Gasteiger charge is 2.45. The van der Waals surface area contributed by atoms with Crippen molar-refractivity contribution in [2.24, 2.45) is 5.92 Å². The van der Waals surface area contributed by atoms with Gasteiger partial charge in [0.1, 0.15) is 17.2 Å². The van der Waals surface area contributed by atoms with E-state index in [-0.39, 0.29) is 18.6 Å². The van der Waals surface area contributed by atoms with E-state index in [0.717, 1.165) is 11.1 Å². The predicted octanol–water partition coefficient (Wildman–Crippen LogP) is 3.30. The highest BCUT2D eigenvalue weighted by atomic mass is 16.7. The number of benzene rings is 2. The van der Waals surface area contributed by atoms with E-state index in [1.54, 1.807) is 27.2 Å². The number of ether oxygens (including phenoxy) is 5. The van der Waals surface area contributed by atoms with Gasteiger partial charge in [-0.25, -0.2) is 0 Å². The molecule has 0 fully saturated rings. The van der Waals surface area contributed by atoms with Crippen LogP contribution < -0.4 is 23.7 Å². The highest BCUT2D eigenvalue weighted by Crippen LogP contribution is 2.53. The molecule has 0 saturated carbocycles. The maximum absolute atomic E-state index is 10.9. The molecule has 0 unspecified atom stereocenters. The lowest BCUT2D eigenvalue weighted by Gasteiger charge is -2.42. The van der Waals surface area contributed by atoms with Crippen molar-refractivity contribution in [3.63, 3.8) is 0 Å². The first-order valence-corrected chi connectivity index (χ1v) is 8.51. The smallest absolute Gasteiger partial charge is 0.231 e. The van der Waals surface area contributed by atoms with E-state index in [1.165, 1.54) is 0 Å². The lowest BCUT2D eigenvalue weighted by Crippen LogP contribution is -2.45. The van der Waals surface area contributed by atoms with Crippen LogP contribution in [-0.2, 0) is 0 Å². The summed E-state index contributed by atoms with van der Waals surface area (Å²) in [6.45, 7) is 3.82. The SMILES string of the molecule is COc1ccc([C@H]2c3cc4c(cc3O[C@@](C)(O)[C@@H]2C)OCO4)c(OC)c1. The van der Waals surface area contributed by atoms with E-state index >= 15 is 0 Å². The summed E-state index contributed by atoms with van der Waals surface area (Å²) in [4.78, 5) is 0. The van der Waals surface area contributed by atoms with Crippen LogP contribution in [0.5, 0.6) is 28.7 Å². The lowest BCUT2D eigenvalue weighted by molar-refractivity contribution is -0.171. The normalized spacial score (nSPS) is 26.0. The number of aliphatic hydroxyl groups is 1. The molecule has 0 radical (unpaired) electrons. The van der Waals surface area contributed by atoms with Crippen molar-refractivity contribution in [3.8, 4) is 28.7 Å². The molecule has 0 aliphatic carbocycles. The maximum Gasteiger partial charge on any atom is 0.231 e. The summed E-state index contributed by atoms with van der Waals surface area (Å²) in [6, 6.07) is 9.41. The number of rotatable bonds is 3. The van der Waals surface area contributed by atoms with Crippen LogP contribution in [0.2, 0.25) is 0 Å². The molecule has 0 bridgehead atoms. The zero-order valence-corrected chi connectivity index (χ0v) is 15.2. The third kappa shape index (κ3) is 2.52. The van der Waals surface area contributed by atoms with Crippen molar-refractivity contribution >= 4 is 0 Å². The maximum atomic E-state index is 10.9. The van der Waals surface area contributed by atoms with Crippen LogP contribution in [0.4, 0.5) is 0 Å². The van der Waals surface area contributed by atoms with Crippen LogP contribution in [0, 0.1) is 5.92 Å². The van der Waals surface area contributed by atoms with Crippen molar-refractivity contribution in [2.45, 2.75) is 25.6 Å². The quantitative estimate of drug-likeness (QED) is 0.908. The zero-order chi connectivity index (χ0) is 18.5. The van der Waals surface area contributed by atoms with Gasteiger partial charge in [0.15, 0.2) is 11.5 Å². The van der Waals surface area contributed by atoms with Crippen LogP contribution in [-0.4, -0.2) is 31.9 Å². The fourth-order valence-corrected chi connectivity index (χ4v) is 3.68. The van der Waals surface area contributed by atoms with Gasteiger partial charge in [0, 0.05) is 42.0 Å². The molecule has 0 aromatic heterocycles. The fraction of sp³-hybridized carbons (Fsp3) is 0.400. The molecule has 2 aromatic carbocycles. The second-order valence-corrected chi connectivity index (χ2v) is 6.77. The van der Waals surface area contributed by atoms with Gasteiger partial charge in [-0.15, -0.1) is 0 Å². The standard InChI is InChI=1S/C20H22O6/c1-11-19(13-6-5-12(22-3)7-15(13)23-4)14-8-17-18(25-10-24-17)9-16(14)26-20(11,2)21/h5-9,11,19,21H,10H2,1-4H3/t11-,19+,20-/m1/s1. The molecule has 26 heavy (non-hydrogen) atoms. The monoisotopic (exact) mass is 358 g/mol. The van der Waals surface area contributed by atoms with Gasteiger partial charge < -0.3 is 28.8 Å². The molecule has 0 amide bonds. The van der Waals surface area contributed by atoms with Gasteiger partial charge in [0.25, 0.3) is 0 Å². The Labute approximate surface area is 152 Å². The van der Waals surface area contributed by atoms with Crippen molar-refractivity contribution in [1.29, 1.82) is 0 Å². The van der Waals surface area contributed by atoms with E-state index < -0.39 is 5.79 Å². The van der Waals surface area contributed by atoms with Crippen LogP contribution in [0.15, 0.2) is 30.3 Å². The molecule has 6 nitrogen and oxygen atoms in total. The summed E-state index contributed by atoms with van der Waals surface area (Å²) in [5, 5.41) is 10.9. The average Bonchev–Trinajstić information content (AvgIpc) is 3.08. The van der Waals surface area contributed by atoms with Gasteiger partial charge in [-0.2, -0.15) is 0 Å². The molecule has 138 valence electrons. The van der Waals surface area contributed by atoms with Gasteiger partial charge in [-0.3, -0.25) is 0 Å². The summed E-state index contributed by atoms with van der Waals surface area (Å²) in [5.41, 5.74) is 1.88. The third-order valence-electron chi connectivity index (χ3n) is 5.28. The van der Waals surface area contributed by atoms with Gasteiger partial charge >= 0.3 is 0 Å². The second-order valence-electron chi connectivity index (χ2n) is 6.77. The highest BCUT2D eigenvalue weighted by molar-refractivity contribution is 5.58. The number of fused-ring (bicyclic) bond motifs is 2. The van der Waals surface area contributed by atoms with Gasteiger partial charge in [0.2, 0.25) is 12.6 Å². The third-order valence-corrected chi connectivity index (χ3v) is 5.28. The summed E-state index contributed by atoms with van der Waals surface area (Å²) < 4.78 is 27.8. The first-order chi connectivity index (χ1) is 12.4. The Kier molecular flexibility index (Phi) is 3.88. The molecule has 2 aliphatic heterocycles. The summed E-state index contributed by atoms with van der Waals surface area (Å²) >= 11 is 0. The Hall–Kier alpha value is -2.60. The molecule has 1 N–H and O–H groups in total. The second kappa shape index (κ2) is 5.99. The molecular formula is C20H22O6. The van der Waals surface area contributed by atoms with E-state index in [2.05, 4.69) is 0 Å². The lowest BCUT2D eigenvalue weighted by atomic mass is 9.75. The fourth-order valence-electron chi connectivity index (χ4n) is 3.68. The predicted molar refractivity (Wildman–Crippen MR) is 94.4 cm³/mol. The van der Waals surface area contributed by atoms with E-state index in [9.17, 15) is 5.11 Å². The van der Waals surface area contributed by atoms with Crippen LogP contribution in [0.1, 0.15) is 30.9 Å². The number of hydrogen-bond donors (Lipinski definition) is 1. The molecule has 0 spiro atoms. The van der Waals surface area contributed by atoms with Crippen molar-refractivity contribution in [2.75, 3.05) is 21.0 Å². The largest absolute Gasteiger partial charge is 0.497 e. The summed E-state index contributed by atoms with van der Waals surface area (Å²) in [7, 11) is 3.24. The Morgan fingerprint density at radius 3 is 2.42 bits per heavy atom. The molecular weight excluding hydrogens is 336 g/mol. The molecule has 3 atom stereocenters. The average molecular weight is 358 g/mol. The molecule has 4 rings (SSSR count). The van der Waals surface area contributed by atoms with Gasteiger partial charge in [-0.05, 0) is 12.1 Å². The zero-order valence-electron chi connectivity index (χ0n) is 15.2. The van der Waals surface area contributed by atoms with Gasteiger partial charge in [-0.1, -0.05) is 13.0 Å². The summed E-state index contributed by atoms with van der Waals surface area (Å²) in [6.07, 6.45) is 0. The molecule has 0 saturated heterocycles. The van der Waals surface area contributed by atoms with E-state index in [1.807, 2.05) is 31.2 Å². The van der Waals surface area contributed by atoms with Crippen LogP contribution >= 0.6 is 0 Å². The number of hydrogen-bond acceptors (Lipinski definition) is 6. The Bertz CT molecular complexity index is 844. The minimum Gasteiger partial charge on any atom is -0.497 e. The number of methoxy groups -OCH3 is 2. The van der Waals surface area contributed by atoms with Crippen LogP contribution in [0.25, 0.3) is 0 Å². The first kappa shape index (κ1) is 16.8. The van der Waals surface area contributed by atoms with Crippen molar-refractivity contribution in [3.05, 3.63) is 41.5 Å². The summed E-state index contributed by atoms with van der Waals surface area (Å²) in [5.74, 6) is 1.58. The topological polar surface area (TPSA) is 66.4 Å². The first-order valence-electron chi connectivity index (χ1n) is 8.51. The molecule has 2 heterocycles. The van der Waals surface area contributed by atoms with E-state index in [4.69, 9.17) is 23.7 Å². The van der Waals surface area contributed by atoms with Crippen LogP contribution in [0.3, 0.4) is 0 Å². The van der Waals surface area contributed by atoms with Crippen molar-refractivity contribution in [1.82, 2.24) is 0 Å². The van der Waals surface area contributed by atoms with Gasteiger partial charge in [0.05, 0.1) is 14.2 Å². The molecule has 2 aromatic rings. The Morgan fingerprint density at radius 1 is 1.00 bits per heavy atom. The minimum atomic E-state index is -1.34. The molecule has 6 heteroatoms. The molecule has 2 aliphatic rings. The Morgan fingerprint density at radius 2 is 1.73 bits per heavy atom.